The lowest BCUT2D eigenvalue weighted by Crippen LogP contribution is -2.30. The Balaban J connectivity index is 4.54. The molecule has 0 aromatic carbocycles. The van der Waals surface area contributed by atoms with Gasteiger partial charge in [0.2, 0.25) is 0 Å². The van der Waals surface area contributed by atoms with Crippen molar-refractivity contribution in [2.24, 2.45) is 0 Å². The zero-order chi connectivity index (χ0) is 50.0. The first-order chi connectivity index (χ1) is 34.0. The highest BCUT2D eigenvalue weighted by atomic mass is 16.6. The first-order valence-corrected chi connectivity index (χ1v) is 28.4. The molecule has 0 aliphatic carbocycles. The van der Waals surface area contributed by atoms with Crippen molar-refractivity contribution in [2.75, 3.05) is 13.2 Å². The molecule has 0 aromatic rings. The maximum Gasteiger partial charge on any atom is 0.306 e. The summed E-state index contributed by atoms with van der Waals surface area (Å²) in [5.74, 6) is -0.999. The number of ether oxygens (including phenoxy) is 3. The van der Waals surface area contributed by atoms with E-state index in [0.29, 0.717) is 19.3 Å². The van der Waals surface area contributed by atoms with Crippen molar-refractivity contribution in [1.29, 1.82) is 0 Å². The van der Waals surface area contributed by atoms with Gasteiger partial charge in [-0.15, -0.1) is 0 Å². The molecule has 0 aromatic heterocycles. The van der Waals surface area contributed by atoms with E-state index in [0.717, 1.165) is 103 Å². The number of carbonyl (C=O) groups is 3. The van der Waals surface area contributed by atoms with E-state index in [1.807, 2.05) is 0 Å². The largest absolute Gasteiger partial charge is 0.462 e. The Hall–Kier alpha value is -3.93. The lowest BCUT2D eigenvalue weighted by Gasteiger charge is -2.18. The average Bonchev–Trinajstić information content (AvgIpc) is 3.35. The van der Waals surface area contributed by atoms with Gasteiger partial charge >= 0.3 is 17.9 Å². The normalized spacial score (nSPS) is 12.9. The molecule has 0 radical (unpaired) electrons. The maximum atomic E-state index is 12.8. The number of unbranched alkanes of at least 4 members (excludes halogenated alkanes) is 21. The molecular formula is C63H104O6. The van der Waals surface area contributed by atoms with Crippen LogP contribution in [0.3, 0.4) is 0 Å². The molecule has 392 valence electrons. The van der Waals surface area contributed by atoms with Crippen LogP contribution in [0.1, 0.15) is 252 Å². The van der Waals surface area contributed by atoms with E-state index in [1.54, 1.807) is 0 Å². The number of carbonyl (C=O) groups excluding carboxylic acids is 3. The van der Waals surface area contributed by atoms with Gasteiger partial charge in [0.15, 0.2) is 6.10 Å². The van der Waals surface area contributed by atoms with Crippen LogP contribution in [0, 0.1) is 0 Å². The van der Waals surface area contributed by atoms with E-state index in [2.05, 4.69) is 130 Å². The van der Waals surface area contributed by atoms with Gasteiger partial charge in [-0.25, -0.2) is 0 Å². The van der Waals surface area contributed by atoms with E-state index in [9.17, 15) is 14.4 Å². The molecule has 0 rings (SSSR count). The third-order valence-corrected chi connectivity index (χ3v) is 11.8. The van der Waals surface area contributed by atoms with Crippen LogP contribution in [-0.2, 0) is 28.6 Å². The Morgan fingerprint density at radius 3 is 0.957 bits per heavy atom. The van der Waals surface area contributed by atoms with Gasteiger partial charge in [-0.1, -0.05) is 239 Å². The Labute approximate surface area is 425 Å². The fraction of sp³-hybridized carbons (Fsp3) is 0.667. The van der Waals surface area contributed by atoms with Crippen LogP contribution >= 0.6 is 0 Å². The van der Waals surface area contributed by atoms with Gasteiger partial charge in [-0.3, -0.25) is 14.4 Å². The van der Waals surface area contributed by atoms with Crippen LogP contribution in [0.5, 0.6) is 0 Å². The van der Waals surface area contributed by atoms with Crippen LogP contribution in [0.2, 0.25) is 0 Å². The smallest absolute Gasteiger partial charge is 0.306 e. The van der Waals surface area contributed by atoms with E-state index in [-0.39, 0.29) is 37.5 Å². The summed E-state index contributed by atoms with van der Waals surface area (Å²) in [5.41, 5.74) is 0. The Kier molecular flexibility index (Phi) is 53.4. The molecule has 0 bridgehead atoms. The fourth-order valence-corrected chi connectivity index (χ4v) is 7.52. The number of allylic oxidation sites excluding steroid dienone is 18. The molecule has 0 aliphatic heterocycles. The molecular weight excluding hydrogens is 853 g/mol. The maximum absolute atomic E-state index is 12.8. The highest BCUT2D eigenvalue weighted by Gasteiger charge is 2.19. The van der Waals surface area contributed by atoms with Crippen molar-refractivity contribution in [2.45, 2.75) is 258 Å². The van der Waals surface area contributed by atoms with Crippen molar-refractivity contribution in [3.63, 3.8) is 0 Å². The van der Waals surface area contributed by atoms with Crippen molar-refractivity contribution in [1.82, 2.24) is 0 Å². The molecule has 69 heavy (non-hydrogen) atoms. The minimum absolute atomic E-state index is 0.110. The Morgan fingerprint density at radius 1 is 0.304 bits per heavy atom. The summed E-state index contributed by atoms with van der Waals surface area (Å²) in [7, 11) is 0. The molecule has 0 spiro atoms. The first-order valence-electron chi connectivity index (χ1n) is 28.4. The highest BCUT2D eigenvalue weighted by molar-refractivity contribution is 5.71. The monoisotopic (exact) mass is 957 g/mol. The highest BCUT2D eigenvalue weighted by Crippen LogP contribution is 2.15. The zero-order valence-electron chi connectivity index (χ0n) is 44.8. The molecule has 0 fully saturated rings. The lowest BCUT2D eigenvalue weighted by molar-refractivity contribution is -0.167. The third-order valence-electron chi connectivity index (χ3n) is 11.8. The summed E-state index contributed by atoms with van der Waals surface area (Å²) < 4.78 is 16.8. The summed E-state index contributed by atoms with van der Waals surface area (Å²) >= 11 is 0. The summed E-state index contributed by atoms with van der Waals surface area (Å²) in [5, 5.41) is 0. The zero-order valence-corrected chi connectivity index (χ0v) is 44.8. The van der Waals surface area contributed by atoms with Gasteiger partial charge < -0.3 is 14.2 Å². The van der Waals surface area contributed by atoms with E-state index in [1.165, 1.54) is 103 Å². The van der Waals surface area contributed by atoms with Crippen molar-refractivity contribution in [3.05, 3.63) is 109 Å². The van der Waals surface area contributed by atoms with Crippen molar-refractivity contribution in [3.8, 4) is 0 Å². The van der Waals surface area contributed by atoms with Crippen LogP contribution in [-0.4, -0.2) is 37.2 Å². The second-order valence-electron chi connectivity index (χ2n) is 18.5. The van der Waals surface area contributed by atoms with Gasteiger partial charge in [0.25, 0.3) is 0 Å². The second kappa shape index (κ2) is 56.7. The van der Waals surface area contributed by atoms with Crippen LogP contribution < -0.4 is 0 Å². The van der Waals surface area contributed by atoms with Crippen LogP contribution in [0.25, 0.3) is 0 Å². The van der Waals surface area contributed by atoms with Crippen molar-refractivity contribution >= 4 is 17.9 Å². The molecule has 0 heterocycles. The van der Waals surface area contributed by atoms with E-state index < -0.39 is 6.10 Å². The van der Waals surface area contributed by atoms with Gasteiger partial charge in [0.05, 0.1) is 0 Å². The topological polar surface area (TPSA) is 78.9 Å². The quantitative estimate of drug-likeness (QED) is 0.0262. The molecule has 0 aliphatic rings. The molecule has 0 unspecified atom stereocenters. The molecule has 1 atom stereocenters. The van der Waals surface area contributed by atoms with Gasteiger partial charge in [0, 0.05) is 19.3 Å². The van der Waals surface area contributed by atoms with Crippen LogP contribution in [0.15, 0.2) is 109 Å². The Morgan fingerprint density at radius 2 is 0.580 bits per heavy atom. The minimum atomic E-state index is -0.821. The molecule has 6 nitrogen and oxygen atoms in total. The van der Waals surface area contributed by atoms with E-state index >= 15 is 0 Å². The molecule has 0 saturated heterocycles. The molecule has 0 saturated carbocycles. The molecule has 0 N–H and O–H groups in total. The van der Waals surface area contributed by atoms with Gasteiger partial charge in [0.1, 0.15) is 13.2 Å². The number of hydrogen-bond acceptors (Lipinski definition) is 6. The Bertz CT molecular complexity index is 1420. The number of esters is 3. The van der Waals surface area contributed by atoms with E-state index in [4.69, 9.17) is 14.2 Å². The molecule has 6 heteroatoms. The first kappa shape index (κ1) is 65.1. The fourth-order valence-electron chi connectivity index (χ4n) is 7.52. The predicted molar refractivity (Wildman–Crippen MR) is 297 cm³/mol. The number of rotatable bonds is 50. The number of hydrogen-bond donors (Lipinski definition) is 0. The summed E-state index contributed by atoms with van der Waals surface area (Å²) in [6.45, 7) is 6.43. The average molecular weight is 958 g/mol. The standard InChI is InChI=1S/C63H104O6/c1-4-7-10-13-16-19-22-25-28-30-31-33-35-38-41-44-47-50-53-56-62(65)68-59-60(58-67-61(64)55-52-49-46-43-40-37-34-27-24-21-18-15-12-9-6-3)69-63(66)57-54-51-48-45-42-39-36-32-29-26-23-20-17-14-11-8-5-2/h7,10,16-17,19-20,25-26,28-29,31,33,36,38-39,41,45,48,60H,4-6,8-9,11-15,18,21-24,27,30,32,34-35,37,40,42-44,46-47,49-59H2,1-3H3/b10-7-,19-16-,20-17-,28-25-,29-26-,33-31-,39-36-,41-38-,48-45-/t60-/m0/s1. The third kappa shape index (κ3) is 54.9. The predicted octanol–water partition coefficient (Wildman–Crippen LogP) is 19.1. The summed E-state index contributed by atoms with van der Waals surface area (Å²) in [6, 6.07) is 0. The van der Waals surface area contributed by atoms with Gasteiger partial charge in [-0.2, -0.15) is 0 Å². The second-order valence-corrected chi connectivity index (χ2v) is 18.5. The van der Waals surface area contributed by atoms with Crippen molar-refractivity contribution < 1.29 is 28.6 Å². The SMILES string of the molecule is CC/C=C\C/C=C\C/C=C\C/C=C\C/C=C\CCCCCC(=O)OC[C@H](COC(=O)CCCCCCCCCCCCCCCCC)OC(=O)CCC/C=C\C/C=C\C/C=C\C/C=C\CCCCC. The molecule has 0 amide bonds. The summed E-state index contributed by atoms with van der Waals surface area (Å²) in [6.07, 6.45) is 76.5. The summed E-state index contributed by atoms with van der Waals surface area (Å²) in [4.78, 5) is 38.1. The lowest BCUT2D eigenvalue weighted by atomic mass is 10.0. The van der Waals surface area contributed by atoms with Gasteiger partial charge in [-0.05, 0) is 103 Å². The minimum Gasteiger partial charge on any atom is -0.462 e. The van der Waals surface area contributed by atoms with Crippen LogP contribution in [0.4, 0.5) is 0 Å².